The van der Waals surface area contributed by atoms with E-state index in [4.69, 9.17) is 9.84 Å². The van der Waals surface area contributed by atoms with E-state index in [1.165, 1.54) is 5.56 Å². The molecule has 0 unspecified atom stereocenters. The Balaban J connectivity index is 2.14. The fourth-order valence-electron chi connectivity index (χ4n) is 2.08. The maximum absolute atomic E-state index is 11.1. The summed E-state index contributed by atoms with van der Waals surface area (Å²) in [5, 5.41) is 9.08. The van der Waals surface area contributed by atoms with Crippen molar-refractivity contribution < 1.29 is 14.6 Å². The van der Waals surface area contributed by atoms with Gasteiger partial charge in [0.15, 0.2) is 0 Å². The van der Waals surface area contributed by atoms with Gasteiger partial charge in [-0.3, -0.25) is 0 Å². The minimum atomic E-state index is -0.926. The molecule has 0 heterocycles. The summed E-state index contributed by atoms with van der Waals surface area (Å²) in [6.45, 7) is 7.02. The number of ether oxygens (including phenoxy) is 1. The van der Waals surface area contributed by atoms with Gasteiger partial charge in [-0.1, -0.05) is 45.0 Å². The van der Waals surface area contributed by atoms with Crippen molar-refractivity contribution in [1.29, 1.82) is 0 Å². The van der Waals surface area contributed by atoms with Crippen molar-refractivity contribution in [3.8, 4) is 5.75 Å². The van der Waals surface area contributed by atoms with Crippen LogP contribution in [-0.4, -0.2) is 11.1 Å². The van der Waals surface area contributed by atoms with Crippen LogP contribution in [0.3, 0.4) is 0 Å². The minimum absolute atomic E-state index is 0.136. The van der Waals surface area contributed by atoms with Gasteiger partial charge < -0.3 is 9.84 Å². The standard InChI is InChI=1S/C18H18I2O3/c1-18(2,3)13-6-4-11(5-7-13)10-23-16-14(19)8-12(17(21)22)9-15(16)20/h4-9H,10H2,1-3H3,(H,21,22). The molecule has 0 amide bonds. The highest BCUT2D eigenvalue weighted by atomic mass is 127. The number of halogens is 2. The number of aromatic carboxylic acids is 1. The smallest absolute Gasteiger partial charge is 0.335 e. The molecule has 0 saturated carbocycles. The van der Waals surface area contributed by atoms with Crippen molar-refractivity contribution in [2.45, 2.75) is 32.8 Å². The van der Waals surface area contributed by atoms with E-state index in [2.05, 4.69) is 90.2 Å². The molecule has 2 aromatic carbocycles. The van der Waals surface area contributed by atoms with Gasteiger partial charge in [0.25, 0.3) is 0 Å². The molecule has 5 heteroatoms. The highest BCUT2D eigenvalue weighted by Crippen LogP contribution is 2.30. The third-order valence-corrected chi connectivity index (χ3v) is 5.05. The summed E-state index contributed by atoms with van der Waals surface area (Å²) >= 11 is 4.22. The number of carbonyl (C=O) groups is 1. The summed E-state index contributed by atoms with van der Waals surface area (Å²) in [4.78, 5) is 11.1. The van der Waals surface area contributed by atoms with Crippen LogP contribution in [0.5, 0.6) is 5.75 Å². The average Bonchev–Trinajstić information content (AvgIpc) is 2.45. The molecule has 0 aromatic heterocycles. The fraction of sp³-hybridized carbons (Fsp3) is 0.278. The Morgan fingerprint density at radius 1 is 1.09 bits per heavy atom. The van der Waals surface area contributed by atoms with Crippen molar-refractivity contribution in [1.82, 2.24) is 0 Å². The van der Waals surface area contributed by atoms with Crippen LogP contribution in [0, 0.1) is 7.14 Å². The van der Waals surface area contributed by atoms with Crippen LogP contribution in [0.25, 0.3) is 0 Å². The van der Waals surface area contributed by atoms with Crippen molar-refractivity contribution in [2.75, 3.05) is 0 Å². The molecular formula is C18H18I2O3. The molecule has 2 aromatic rings. The molecule has 23 heavy (non-hydrogen) atoms. The Morgan fingerprint density at radius 2 is 1.61 bits per heavy atom. The maximum atomic E-state index is 11.1. The predicted octanol–water partition coefficient (Wildman–Crippen LogP) is 5.47. The van der Waals surface area contributed by atoms with Gasteiger partial charge in [-0.15, -0.1) is 0 Å². The first-order valence-electron chi connectivity index (χ1n) is 7.13. The van der Waals surface area contributed by atoms with Crippen LogP contribution in [0.4, 0.5) is 0 Å². The molecule has 122 valence electrons. The lowest BCUT2D eigenvalue weighted by molar-refractivity contribution is 0.0696. The first-order chi connectivity index (χ1) is 10.7. The highest BCUT2D eigenvalue weighted by molar-refractivity contribution is 14.1. The van der Waals surface area contributed by atoms with Gasteiger partial charge >= 0.3 is 5.97 Å². The fourth-order valence-corrected chi connectivity index (χ4v) is 4.16. The quantitative estimate of drug-likeness (QED) is 0.528. The van der Waals surface area contributed by atoms with E-state index in [9.17, 15) is 4.79 Å². The number of rotatable bonds is 4. The normalized spacial score (nSPS) is 11.3. The molecule has 0 atom stereocenters. The van der Waals surface area contributed by atoms with E-state index in [1.807, 2.05) is 0 Å². The van der Waals surface area contributed by atoms with Crippen molar-refractivity contribution in [3.05, 3.63) is 60.2 Å². The molecule has 1 N–H and O–H groups in total. The number of benzene rings is 2. The summed E-state index contributed by atoms with van der Waals surface area (Å²) in [6.07, 6.45) is 0. The first-order valence-corrected chi connectivity index (χ1v) is 9.29. The number of hydrogen-bond acceptors (Lipinski definition) is 2. The third kappa shape index (κ3) is 4.82. The van der Waals surface area contributed by atoms with Gasteiger partial charge in [0.1, 0.15) is 12.4 Å². The molecule has 0 spiro atoms. The highest BCUT2D eigenvalue weighted by Gasteiger charge is 2.14. The second kappa shape index (κ2) is 7.38. The van der Waals surface area contributed by atoms with Crippen LogP contribution in [-0.2, 0) is 12.0 Å². The van der Waals surface area contributed by atoms with Crippen LogP contribution in [0.1, 0.15) is 42.3 Å². The van der Waals surface area contributed by atoms with Gasteiger partial charge in [-0.05, 0) is 73.9 Å². The van der Waals surface area contributed by atoms with E-state index >= 15 is 0 Å². The zero-order valence-electron chi connectivity index (χ0n) is 13.2. The van der Waals surface area contributed by atoms with Crippen molar-refractivity contribution in [2.24, 2.45) is 0 Å². The molecule has 0 fully saturated rings. The Hall–Kier alpha value is -0.830. The van der Waals surface area contributed by atoms with Crippen molar-refractivity contribution >= 4 is 51.2 Å². The van der Waals surface area contributed by atoms with Gasteiger partial charge in [0.2, 0.25) is 0 Å². The Bertz CT molecular complexity index is 693. The van der Waals surface area contributed by atoms with Crippen LogP contribution in [0.2, 0.25) is 0 Å². The minimum Gasteiger partial charge on any atom is -0.487 e. The topological polar surface area (TPSA) is 46.5 Å². The van der Waals surface area contributed by atoms with Gasteiger partial charge in [-0.25, -0.2) is 4.79 Å². The molecule has 0 aliphatic rings. The molecule has 0 bridgehead atoms. The molecule has 3 nitrogen and oxygen atoms in total. The summed E-state index contributed by atoms with van der Waals surface area (Å²) in [6, 6.07) is 11.7. The summed E-state index contributed by atoms with van der Waals surface area (Å²) in [7, 11) is 0. The van der Waals surface area contributed by atoms with E-state index in [0.29, 0.717) is 6.61 Å². The number of hydrogen-bond donors (Lipinski definition) is 1. The Kier molecular flexibility index (Phi) is 5.94. The predicted molar refractivity (Wildman–Crippen MR) is 108 cm³/mol. The lowest BCUT2D eigenvalue weighted by Gasteiger charge is -2.19. The second-order valence-corrected chi connectivity index (χ2v) is 8.63. The lowest BCUT2D eigenvalue weighted by Crippen LogP contribution is -2.11. The van der Waals surface area contributed by atoms with Crippen molar-refractivity contribution in [3.63, 3.8) is 0 Å². The molecule has 0 aliphatic carbocycles. The van der Waals surface area contributed by atoms with Crippen LogP contribution >= 0.6 is 45.2 Å². The SMILES string of the molecule is CC(C)(C)c1ccc(COc2c(I)cc(C(=O)O)cc2I)cc1. The largest absolute Gasteiger partial charge is 0.487 e. The Morgan fingerprint density at radius 3 is 2.04 bits per heavy atom. The van der Waals surface area contributed by atoms with E-state index in [-0.39, 0.29) is 11.0 Å². The number of carboxylic acids is 1. The molecular weight excluding hydrogens is 518 g/mol. The zero-order valence-corrected chi connectivity index (χ0v) is 17.5. The summed E-state index contributed by atoms with van der Waals surface area (Å²) < 4.78 is 7.51. The monoisotopic (exact) mass is 536 g/mol. The maximum Gasteiger partial charge on any atom is 0.335 e. The van der Waals surface area contributed by atoms with Gasteiger partial charge in [0.05, 0.1) is 12.7 Å². The Labute approximate surface area is 163 Å². The average molecular weight is 536 g/mol. The van der Waals surface area contributed by atoms with Gasteiger partial charge in [-0.2, -0.15) is 0 Å². The summed E-state index contributed by atoms with van der Waals surface area (Å²) in [5.41, 5.74) is 2.79. The molecule has 0 saturated heterocycles. The molecule has 0 radical (unpaired) electrons. The first kappa shape index (κ1) is 18.5. The summed E-state index contributed by atoms with van der Waals surface area (Å²) in [5.74, 6) is -0.193. The molecule has 2 rings (SSSR count). The third-order valence-electron chi connectivity index (χ3n) is 3.45. The second-order valence-electron chi connectivity index (χ2n) is 6.31. The van der Waals surface area contributed by atoms with Gasteiger partial charge in [0, 0.05) is 0 Å². The van der Waals surface area contributed by atoms with E-state index in [0.717, 1.165) is 18.5 Å². The van der Waals surface area contributed by atoms with E-state index < -0.39 is 5.97 Å². The van der Waals surface area contributed by atoms with E-state index in [1.54, 1.807) is 12.1 Å². The lowest BCUT2D eigenvalue weighted by atomic mass is 9.87. The number of carboxylic acid groups (broad SMARTS) is 1. The zero-order chi connectivity index (χ0) is 17.2. The molecule has 0 aliphatic heterocycles. The van der Waals surface area contributed by atoms with Crippen LogP contribution in [0.15, 0.2) is 36.4 Å². The van der Waals surface area contributed by atoms with Crippen LogP contribution < -0.4 is 4.74 Å².